The van der Waals surface area contributed by atoms with Gasteiger partial charge in [0.15, 0.2) is 0 Å². The first-order valence-corrected chi connectivity index (χ1v) is 11.1. The molecule has 3 aromatic rings. The lowest BCUT2D eigenvalue weighted by Gasteiger charge is -2.14. The average Bonchev–Trinajstić information content (AvgIpc) is 3.39. The molecule has 4 rings (SSSR count). The SMILES string of the molecule is CSc1nnn(Cc2ccc(-c3ccc(N4CC(CNC(C)=O)OC4=O)cc3F)cc2)n1. The molecule has 1 fully saturated rings. The van der Waals surface area contributed by atoms with Crippen LogP contribution in [0.15, 0.2) is 47.6 Å². The number of anilines is 1. The van der Waals surface area contributed by atoms with Gasteiger partial charge < -0.3 is 10.1 Å². The van der Waals surface area contributed by atoms with Crippen LogP contribution in [-0.2, 0) is 16.1 Å². The third-order valence-electron chi connectivity index (χ3n) is 4.92. The molecule has 11 heteroatoms. The number of tetrazole rings is 1. The fourth-order valence-electron chi connectivity index (χ4n) is 3.33. The molecule has 32 heavy (non-hydrogen) atoms. The van der Waals surface area contributed by atoms with Crippen molar-refractivity contribution in [2.24, 2.45) is 0 Å². The van der Waals surface area contributed by atoms with Crippen molar-refractivity contribution < 1.29 is 18.7 Å². The predicted molar refractivity (Wildman–Crippen MR) is 117 cm³/mol. The topological polar surface area (TPSA) is 102 Å². The standard InChI is InChI=1S/C21H21FN6O3S/c1-13(29)23-10-17-12-27(21(30)31-17)16-7-8-18(19(22)9-16)15-5-3-14(4-6-15)11-28-25-20(32-2)24-26-28/h3-9,17H,10-12H2,1-2H3,(H,23,29). The van der Waals surface area contributed by atoms with Crippen molar-refractivity contribution in [3.05, 3.63) is 53.8 Å². The lowest BCUT2D eigenvalue weighted by molar-refractivity contribution is -0.119. The molecule has 1 aliphatic rings. The van der Waals surface area contributed by atoms with Crippen LogP contribution >= 0.6 is 11.8 Å². The number of amides is 2. The van der Waals surface area contributed by atoms with Gasteiger partial charge >= 0.3 is 6.09 Å². The molecule has 0 aliphatic carbocycles. The van der Waals surface area contributed by atoms with E-state index in [1.165, 1.54) is 34.4 Å². The number of hydrogen-bond donors (Lipinski definition) is 1. The Morgan fingerprint density at radius 3 is 2.72 bits per heavy atom. The number of halogens is 1. The Morgan fingerprint density at radius 2 is 2.06 bits per heavy atom. The fourth-order valence-corrected chi connectivity index (χ4v) is 3.63. The maximum Gasteiger partial charge on any atom is 0.414 e. The molecule has 166 valence electrons. The number of nitrogens with zero attached hydrogens (tertiary/aromatic N) is 5. The summed E-state index contributed by atoms with van der Waals surface area (Å²) in [5.74, 6) is -0.654. The van der Waals surface area contributed by atoms with E-state index < -0.39 is 18.0 Å². The summed E-state index contributed by atoms with van der Waals surface area (Å²) in [4.78, 5) is 26.1. The summed E-state index contributed by atoms with van der Waals surface area (Å²) in [6, 6.07) is 12.1. The van der Waals surface area contributed by atoms with Gasteiger partial charge in [0.25, 0.3) is 0 Å². The Morgan fingerprint density at radius 1 is 1.28 bits per heavy atom. The third-order valence-corrected chi connectivity index (χ3v) is 5.45. The maximum absolute atomic E-state index is 14.9. The van der Waals surface area contributed by atoms with E-state index in [4.69, 9.17) is 4.74 Å². The smallest absolute Gasteiger partial charge is 0.414 e. The van der Waals surface area contributed by atoms with Crippen LogP contribution in [0.3, 0.4) is 0 Å². The number of aromatic nitrogens is 4. The van der Waals surface area contributed by atoms with Crippen LogP contribution in [0.2, 0.25) is 0 Å². The van der Waals surface area contributed by atoms with Gasteiger partial charge in [-0.3, -0.25) is 9.69 Å². The van der Waals surface area contributed by atoms with Crippen LogP contribution < -0.4 is 10.2 Å². The minimum Gasteiger partial charge on any atom is -0.442 e. The van der Waals surface area contributed by atoms with Crippen molar-refractivity contribution in [1.29, 1.82) is 0 Å². The van der Waals surface area contributed by atoms with Gasteiger partial charge in [0.05, 0.1) is 25.3 Å². The molecule has 0 radical (unpaired) electrons. The molecular weight excluding hydrogens is 435 g/mol. The molecule has 1 aliphatic heterocycles. The van der Waals surface area contributed by atoms with Crippen molar-refractivity contribution in [2.75, 3.05) is 24.2 Å². The number of ether oxygens (including phenoxy) is 1. The largest absolute Gasteiger partial charge is 0.442 e. The highest BCUT2D eigenvalue weighted by molar-refractivity contribution is 7.98. The normalized spacial score (nSPS) is 15.7. The molecule has 1 aromatic heterocycles. The van der Waals surface area contributed by atoms with Crippen molar-refractivity contribution in [2.45, 2.75) is 24.7 Å². The van der Waals surface area contributed by atoms with E-state index in [1.807, 2.05) is 30.5 Å². The first kappa shape index (κ1) is 21.8. The van der Waals surface area contributed by atoms with Crippen LogP contribution in [0.1, 0.15) is 12.5 Å². The summed E-state index contributed by atoms with van der Waals surface area (Å²) in [7, 11) is 0. The number of carbonyl (C=O) groups is 2. The molecule has 0 spiro atoms. The zero-order valence-corrected chi connectivity index (χ0v) is 18.3. The predicted octanol–water partition coefficient (Wildman–Crippen LogP) is 2.71. The highest BCUT2D eigenvalue weighted by Gasteiger charge is 2.32. The summed E-state index contributed by atoms with van der Waals surface area (Å²) in [6.07, 6.45) is 0.837. The van der Waals surface area contributed by atoms with Gasteiger partial charge in [-0.15, -0.1) is 10.2 Å². The van der Waals surface area contributed by atoms with Crippen LogP contribution in [0, 0.1) is 5.82 Å². The highest BCUT2D eigenvalue weighted by Crippen LogP contribution is 2.29. The summed E-state index contributed by atoms with van der Waals surface area (Å²) in [5, 5.41) is 15.4. The fraction of sp³-hybridized carbons (Fsp3) is 0.286. The van der Waals surface area contributed by atoms with E-state index in [9.17, 15) is 14.0 Å². The number of cyclic esters (lactones) is 1. The molecule has 0 saturated carbocycles. The summed E-state index contributed by atoms with van der Waals surface area (Å²) in [6.45, 7) is 2.31. The van der Waals surface area contributed by atoms with Gasteiger partial charge in [-0.2, -0.15) is 4.80 Å². The number of nitrogens with one attached hydrogen (secondary N) is 1. The van der Waals surface area contributed by atoms with Gasteiger partial charge in [-0.05, 0) is 40.8 Å². The first-order chi connectivity index (χ1) is 15.4. The summed E-state index contributed by atoms with van der Waals surface area (Å²) in [5.41, 5.74) is 2.49. The third kappa shape index (κ3) is 4.88. The molecule has 1 atom stereocenters. The van der Waals surface area contributed by atoms with Crippen molar-refractivity contribution in [1.82, 2.24) is 25.5 Å². The molecular formula is C21H21FN6O3S. The van der Waals surface area contributed by atoms with Gasteiger partial charge in [0, 0.05) is 12.5 Å². The Kier molecular flexibility index (Phi) is 6.35. The number of benzene rings is 2. The second-order valence-corrected chi connectivity index (χ2v) is 7.99. The Balaban J connectivity index is 1.45. The number of thioether (sulfide) groups is 1. The Bertz CT molecular complexity index is 1140. The first-order valence-electron chi connectivity index (χ1n) is 9.86. The molecule has 0 bridgehead atoms. The Labute approximate surface area is 187 Å². The monoisotopic (exact) mass is 456 g/mol. The van der Waals surface area contributed by atoms with Crippen molar-refractivity contribution >= 4 is 29.4 Å². The second kappa shape index (κ2) is 9.35. The van der Waals surface area contributed by atoms with Crippen molar-refractivity contribution in [3.8, 4) is 11.1 Å². The molecule has 2 heterocycles. The van der Waals surface area contributed by atoms with Gasteiger partial charge in [-0.1, -0.05) is 36.0 Å². The van der Waals surface area contributed by atoms with E-state index in [1.54, 1.807) is 12.1 Å². The van der Waals surface area contributed by atoms with Gasteiger partial charge in [0.2, 0.25) is 11.1 Å². The van der Waals surface area contributed by atoms with Crippen LogP contribution in [0.5, 0.6) is 0 Å². The van der Waals surface area contributed by atoms with Crippen LogP contribution in [0.4, 0.5) is 14.9 Å². The molecule has 1 unspecified atom stereocenters. The van der Waals surface area contributed by atoms with E-state index in [2.05, 4.69) is 20.7 Å². The summed E-state index contributed by atoms with van der Waals surface area (Å²) >= 11 is 1.42. The zero-order chi connectivity index (χ0) is 22.7. The number of carbonyl (C=O) groups excluding carboxylic acids is 2. The lowest BCUT2D eigenvalue weighted by atomic mass is 10.0. The zero-order valence-electron chi connectivity index (χ0n) is 17.5. The maximum atomic E-state index is 14.9. The van der Waals surface area contributed by atoms with E-state index >= 15 is 0 Å². The van der Waals surface area contributed by atoms with Crippen LogP contribution in [-0.4, -0.2) is 57.7 Å². The molecule has 9 nitrogen and oxygen atoms in total. The quantitative estimate of drug-likeness (QED) is 0.546. The minimum absolute atomic E-state index is 0.205. The summed E-state index contributed by atoms with van der Waals surface area (Å²) < 4.78 is 20.1. The lowest BCUT2D eigenvalue weighted by Crippen LogP contribution is -2.33. The van der Waals surface area contributed by atoms with Crippen molar-refractivity contribution in [3.63, 3.8) is 0 Å². The van der Waals surface area contributed by atoms with Gasteiger partial charge in [0.1, 0.15) is 11.9 Å². The van der Waals surface area contributed by atoms with E-state index in [0.717, 1.165) is 5.56 Å². The Hall–Kier alpha value is -3.47. The van der Waals surface area contributed by atoms with Gasteiger partial charge in [-0.25, -0.2) is 9.18 Å². The minimum atomic E-state index is -0.566. The van der Waals surface area contributed by atoms with E-state index in [0.29, 0.717) is 28.5 Å². The van der Waals surface area contributed by atoms with E-state index in [-0.39, 0.29) is 19.0 Å². The average molecular weight is 457 g/mol. The molecule has 1 saturated heterocycles. The van der Waals surface area contributed by atoms with Crippen LogP contribution in [0.25, 0.3) is 11.1 Å². The number of hydrogen-bond acceptors (Lipinski definition) is 7. The molecule has 2 aromatic carbocycles. The molecule has 2 amide bonds. The second-order valence-electron chi connectivity index (χ2n) is 7.22. The highest BCUT2D eigenvalue weighted by atomic mass is 32.2. The molecule has 1 N–H and O–H groups in total. The number of rotatable bonds is 7.